The second-order valence-corrected chi connectivity index (χ2v) is 7.47. The van der Waals surface area contributed by atoms with Crippen LogP contribution >= 0.6 is 0 Å². The lowest BCUT2D eigenvalue weighted by Crippen LogP contribution is -2.14. The summed E-state index contributed by atoms with van der Waals surface area (Å²) >= 11 is 0. The Bertz CT molecular complexity index is 1010. The first kappa shape index (κ1) is 17.2. The molecule has 1 N–H and O–H groups in total. The molecule has 3 rings (SSSR count). The minimum atomic E-state index is -3.73. The first-order valence-electron chi connectivity index (χ1n) is 7.92. The number of nitrogens with one attached hydrogen (secondary N) is 1. The molecule has 0 atom stereocenters. The molecule has 0 aliphatic carbocycles. The number of benzene rings is 2. The van der Waals surface area contributed by atoms with Crippen molar-refractivity contribution in [3.8, 4) is 11.4 Å². The van der Waals surface area contributed by atoms with Crippen LogP contribution in [0.1, 0.15) is 23.9 Å². The van der Waals surface area contributed by atoms with Crippen molar-refractivity contribution in [1.29, 1.82) is 0 Å². The van der Waals surface area contributed by atoms with Crippen molar-refractivity contribution in [3.63, 3.8) is 0 Å². The third-order valence-electron chi connectivity index (χ3n) is 3.78. The third-order valence-corrected chi connectivity index (χ3v) is 5.30. The number of rotatable bonds is 5. The van der Waals surface area contributed by atoms with Gasteiger partial charge in [0.05, 0.1) is 4.90 Å². The van der Waals surface area contributed by atoms with E-state index in [-0.39, 0.29) is 4.90 Å². The Morgan fingerprint density at radius 1 is 1.12 bits per heavy atom. The molecule has 130 valence electrons. The standard InChI is InChI=1S/C18H19N3O3S/c1-4-17-19-18(20-24-17)14-9-8-13(3)16(11-14)25(22,23)21-15-7-5-6-12(2)10-15/h5-11,21H,4H2,1-3H3. The van der Waals surface area contributed by atoms with Gasteiger partial charge in [-0.2, -0.15) is 4.98 Å². The highest BCUT2D eigenvalue weighted by Crippen LogP contribution is 2.25. The SMILES string of the molecule is CCc1nc(-c2ccc(C)c(S(=O)(=O)Nc3cccc(C)c3)c2)no1. The van der Waals surface area contributed by atoms with E-state index in [0.717, 1.165) is 5.56 Å². The first-order chi connectivity index (χ1) is 11.9. The van der Waals surface area contributed by atoms with E-state index in [0.29, 0.717) is 35.0 Å². The molecule has 7 heteroatoms. The van der Waals surface area contributed by atoms with Gasteiger partial charge in [-0.15, -0.1) is 0 Å². The summed E-state index contributed by atoms with van der Waals surface area (Å²) in [4.78, 5) is 4.44. The Kier molecular flexibility index (Phi) is 4.59. The molecule has 0 aliphatic rings. The molecule has 0 spiro atoms. The van der Waals surface area contributed by atoms with E-state index in [1.165, 1.54) is 0 Å². The number of hydrogen-bond donors (Lipinski definition) is 1. The van der Waals surface area contributed by atoms with Crippen LogP contribution in [0.4, 0.5) is 5.69 Å². The second-order valence-electron chi connectivity index (χ2n) is 5.82. The molecule has 0 aliphatic heterocycles. The molecule has 1 heterocycles. The maximum absolute atomic E-state index is 12.8. The topological polar surface area (TPSA) is 85.1 Å². The highest BCUT2D eigenvalue weighted by molar-refractivity contribution is 7.92. The van der Waals surface area contributed by atoms with Gasteiger partial charge >= 0.3 is 0 Å². The summed E-state index contributed by atoms with van der Waals surface area (Å²) < 4.78 is 33.3. The zero-order valence-corrected chi connectivity index (χ0v) is 15.1. The van der Waals surface area contributed by atoms with Gasteiger partial charge in [-0.25, -0.2) is 8.42 Å². The van der Waals surface area contributed by atoms with Gasteiger partial charge in [-0.1, -0.05) is 36.3 Å². The summed E-state index contributed by atoms with van der Waals surface area (Å²) in [5, 5.41) is 3.90. The van der Waals surface area contributed by atoms with Crippen LogP contribution in [0.15, 0.2) is 51.9 Å². The molecule has 0 bridgehead atoms. The van der Waals surface area contributed by atoms with Crippen molar-refractivity contribution >= 4 is 15.7 Å². The van der Waals surface area contributed by atoms with E-state index < -0.39 is 10.0 Å². The van der Waals surface area contributed by atoms with Crippen molar-refractivity contribution in [2.45, 2.75) is 32.1 Å². The van der Waals surface area contributed by atoms with Crippen molar-refractivity contribution in [1.82, 2.24) is 10.1 Å². The van der Waals surface area contributed by atoms with E-state index in [1.807, 2.05) is 26.0 Å². The van der Waals surface area contributed by atoms with Crippen LogP contribution in [0.3, 0.4) is 0 Å². The molecule has 0 radical (unpaired) electrons. The average Bonchev–Trinajstić information content (AvgIpc) is 3.04. The number of aromatic nitrogens is 2. The van der Waals surface area contributed by atoms with Gasteiger partial charge in [0, 0.05) is 17.7 Å². The highest BCUT2D eigenvalue weighted by atomic mass is 32.2. The molecule has 0 unspecified atom stereocenters. The molecular weight excluding hydrogens is 338 g/mol. The van der Waals surface area contributed by atoms with Gasteiger partial charge in [0.1, 0.15) is 0 Å². The quantitative estimate of drug-likeness (QED) is 0.752. The number of aryl methyl sites for hydroxylation is 3. The van der Waals surface area contributed by atoms with Crippen LogP contribution in [0, 0.1) is 13.8 Å². The molecule has 25 heavy (non-hydrogen) atoms. The molecule has 2 aromatic carbocycles. The van der Waals surface area contributed by atoms with E-state index >= 15 is 0 Å². The first-order valence-corrected chi connectivity index (χ1v) is 9.40. The molecule has 3 aromatic rings. The lowest BCUT2D eigenvalue weighted by atomic mass is 10.1. The van der Waals surface area contributed by atoms with E-state index in [4.69, 9.17) is 4.52 Å². The summed E-state index contributed by atoms with van der Waals surface area (Å²) in [6, 6.07) is 12.3. The van der Waals surface area contributed by atoms with Crippen LogP contribution in [-0.4, -0.2) is 18.6 Å². The van der Waals surface area contributed by atoms with Gasteiger partial charge < -0.3 is 4.52 Å². The minimum Gasteiger partial charge on any atom is -0.339 e. The highest BCUT2D eigenvalue weighted by Gasteiger charge is 2.19. The molecule has 0 saturated carbocycles. The van der Waals surface area contributed by atoms with Crippen LogP contribution in [0.25, 0.3) is 11.4 Å². The fourth-order valence-corrected chi connectivity index (χ4v) is 3.78. The fourth-order valence-electron chi connectivity index (χ4n) is 2.46. The summed E-state index contributed by atoms with van der Waals surface area (Å²) in [6.45, 7) is 5.57. The predicted octanol–water partition coefficient (Wildman–Crippen LogP) is 3.72. The molecular formula is C18H19N3O3S. The van der Waals surface area contributed by atoms with Gasteiger partial charge in [-0.05, 0) is 43.2 Å². The largest absolute Gasteiger partial charge is 0.339 e. The number of nitrogens with zero attached hydrogens (tertiary/aromatic N) is 2. The summed E-state index contributed by atoms with van der Waals surface area (Å²) in [5.41, 5.74) is 2.74. The van der Waals surface area contributed by atoms with Crippen molar-refractivity contribution < 1.29 is 12.9 Å². The van der Waals surface area contributed by atoms with E-state index in [9.17, 15) is 8.42 Å². The Morgan fingerprint density at radius 2 is 1.92 bits per heavy atom. The Hall–Kier alpha value is -2.67. The maximum atomic E-state index is 12.8. The van der Waals surface area contributed by atoms with Crippen molar-refractivity contribution in [2.75, 3.05) is 4.72 Å². The number of sulfonamides is 1. The summed E-state index contributed by atoms with van der Waals surface area (Å²) in [7, 11) is -3.73. The molecule has 1 aromatic heterocycles. The van der Waals surface area contributed by atoms with Gasteiger partial charge in [0.2, 0.25) is 11.7 Å². The van der Waals surface area contributed by atoms with E-state index in [1.54, 1.807) is 37.3 Å². The zero-order valence-electron chi connectivity index (χ0n) is 14.3. The van der Waals surface area contributed by atoms with Gasteiger partial charge in [-0.3, -0.25) is 4.72 Å². The monoisotopic (exact) mass is 357 g/mol. The molecule has 0 saturated heterocycles. The molecule has 0 fully saturated rings. The van der Waals surface area contributed by atoms with Crippen molar-refractivity contribution in [3.05, 3.63) is 59.5 Å². The van der Waals surface area contributed by atoms with Crippen LogP contribution in [0.5, 0.6) is 0 Å². The smallest absolute Gasteiger partial charge is 0.262 e. The minimum absolute atomic E-state index is 0.189. The predicted molar refractivity (Wildman–Crippen MR) is 95.8 cm³/mol. The van der Waals surface area contributed by atoms with Crippen LogP contribution in [-0.2, 0) is 16.4 Å². The lowest BCUT2D eigenvalue weighted by molar-refractivity contribution is 0.383. The normalized spacial score (nSPS) is 11.5. The lowest BCUT2D eigenvalue weighted by Gasteiger charge is -2.11. The summed E-state index contributed by atoms with van der Waals surface area (Å²) in [6.07, 6.45) is 0.624. The van der Waals surface area contributed by atoms with Crippen LogP contribution < -0.4 is 4.72 Å². The number of hydrogen-bond acceptors (Lipinski definition) is 5. The zero-order chi connectivity index (χ0) is 18.0. The van der Waals surface area contributed by atoms with Crippen molar-refractivity contribution in [2.24, 2.45) is 0 Å². The molecule has 0 amide bonds. The Labute approximate surface area is 147 Å². The fraction of sp³-hybridized carbons (Fsp3) is 0.222. The Balaban J connectivity index is 1.99. The number of anilines is 1. The van der Waals surface area contributed by atoms with E-state index in [2.05, 4.69) is 14.9 Å². The van der Waals surface area contributed by atoms with Gasteiger partial charge in [0.15, 0.2) is 0 Å². The second kappa shape index (κ2) is 6.68. The van der Waals surface area contributed by atoms with Crippen LogP contribution in [0.2, 0.25) is 0 Å². The third kappa shape index (κ3) is 3.71. The summed E-state index contributed by atoms with van der Waals surface area (Å²) in [5.74, 6) is 0.890. The maximum Gasteiger partial charge on any atom is 0.262 e. The average molecular weight is 357 g/mol. The Morgan fingerprint density at radius 3 is 2.60 bits per heavy atom. The van der Waals surface area contributed by atoms with Gasteiger partial charge in [0.25, 0.3) is 10.0 Å². The molecule has 6 nitrogen and oxygen atoms in total.